The summed E-state index contributed by atoms with van der Waals surface area (Å²) in [6.45, 7) is 6.07. The Balaban J connectivity index is 1.10. The highest BCUT2D eigenvalue weighted by molar-refractivity contribution is 8.00. The molecule has 0 radical (unpaired) electrons. The fourth-order valence-electron chi connectivity index (χ4n) is 17.2. The van der Waals surface area contributed by atoms with E-state index in [9.17, 15) is 63.6 Å². The van der Waals surface area contributed by atoms with Crippen molar-refractivity contribution >= 4 is 146 Å². The van der Waals surface area contributed by atoms with Crippen LogP contribution in [0.25, 0.3) is 21.8 Å². The van der Waals surface area contributed by atoms with E-state index in [4.69, 9.17) is 16.9 Å². The predicted molar refractivity (Wildman–Crippen MR) is 503 cm³/mol. The maximum Gasteiger partial charge on any atom is 0.304 e. The number of carboxylic acid groups (broad SMARTS) is 1. The number of aliphatic hydroxyl groups is 2. The van der Waals surface area contributed by atoms with E-state index in [1.165, 1.54) is 58.5 Å². The van der Waals surface area contributed by atoms with E-state index in [1.54, 1.807) is 81.0 Å². The van der Waals surface area contributed by atoms with Gasteiger partial charge in [0.1, 0.15) is 78.3 Å². The fraction of sp³-hybridized carbons (Fsp3) is 0.538. The number of benzene rings is 3. The number of aliphatic imine (C=N–C) groups is 1. The molecule has 0 saturated carbocycles. The number of H-pyrrole nitrogens is 2. The van der Waals surface area contributed by atoms with E-state index in [2.05, 4.69) is 68.1 Å². The number of phenolic OH excluding ortho intramolecular Hbond substituents is 1. The van der Waals surface area contributed by atoms with Crippen LogP contribution in [0.5, 0.6) is 5.75 Å². The van der Waals surface area contributed by atoms with Gasteiger partial charge in [0, 0.05) is 132 Å². The Hall–Kier alpha value is -13.3. The second-order valence-corrected chi connectivity index (χ2v) is 36.5. The topological polar surface area (TPSA) is 627 Å². The van der Waals surface area contributed by atoms with Gasteiger partial charge in [-0.1, -0.05) is 102 Å². The standard InChI is InChI=1S/C93H129N21O21S/c1-9-11-24-72-85(128)103-64(23-17-32-98-93(95)96)81(124)109-71(80(123)101-46-77(94)119)49-136-50-78(120)102-68(36-53-27-29-58(116)30-28-53)89(132)110(6)52(5)76(118)40-55(41-79(121)122)88(131)113-34-18-26-73(113)86(129)104-65(37-54-31-33-97-43-54)82(125)106-67(35-51(3)4)91(134)114-47-59(117)42-75(114)87(130)105-66(38-56-44-99-62-21-15-13-19-60(56)62)83(126)108-70(48-115)84(127)107-69(39-57-45-100-63-22-16-14-20-61(57)63)90(133)112(8)74(25-12-10-2)92(135)111(72)7/h13-16,19-22,27-30,33,43-45,51-52,55,59,64-75,99-100,115-117H,9-12,17-18,23-26,31-32,34-42,46-50H2,1-8H3,(H2,94,119)(H,101,123)(H,102,120)(H,103,128)(H,104,129)(H,105,130)(H,106,125)(H,107,127)(H,108,126)(H,109,124)(H,121,122)(H4,95,96,98)/t52-,55-,59+,64-,65-,66-,67-,68-,69-,70-,71-,72-,73-,74-,75-/m0/s1. The molecule has 21 N–H and O–H groups in total. The summed E-state index contributed by atoms with van der Waals surface area (Å²) in [7, 11) is 3.92. The number of nitrogens with one attached hydrogen (secondary N) is 13. The number of aromatic amines is 2. The Morgan fingerprint density at radius 3 is 1.74 bits per heavy atom. The number of aliphatic carboxylic acids is 1. The van der Waals surface area contributed by atoms with Gasteiger partial charge in [-0.3, -0.25) is 91.9 Å². The third-order valence-electron chi connectivity index (χ3n) is 24.8. The van der Waals surface area contributed by atoms with Crippen molar-refractivity contribution in [1.29, 1.82) is 5.41 Å². The van der Waals surface area contributed by atoms with Gasteiger partial charge in [0.2, 0.25) is 88.6 Å². The maximum atomic E-state index is 15.8. The number of unbranched alkanes of at least 4 members (excludes halogenated alkanes) is 2. The number of amides is 15. The second-order valence-electron chi connectivity index (χ2n) is 35.5. The number of rotatable bonds is 26. The van der Waals surface area contributed by atoms with E-state index >= 15 is 38.4 Å². The molecule has 2 aromatic heterocycles. The van der Waals surface area contributed by atoms with Crippen LogP contribution in [0.15, 0.2) is 102 Å². The van der Waals surface area contributed by atoms with Crippen LogP contribution in [0.2, 0.25) is 0 Å². The Morgan fingerprint density at radius 2 is 1.15 bits per heavy atom. The third-order valence-corrected chi connectivity index (χ3v) is 25.8. The van der Waals surface area contributed by atoms with Crippen LogP contribution in [-0.4, -0.2) is 318 Å². The van der Waals surface area contributed by atoms with Gasteiger partial charge in [0.15, 0.2) is 11.7 Å². The molecular formula is C93H129N21O21S. The van der Waals surface area contributed by atoms with E-state index in [0.29, 0.717) is 69.8 Å². The first-order chi connectivity index (χ1) is 64.8. The molecule has 4 aliphatic heterocycles. The lowest BCUT2D eigenvalue weighted by Gasteiger charge is -2.36. The van der Waals surface area contributed by atoms with Crippen molar-refractivity contribution < 1.29 is 102 Å². The molecule has 136 heavy (non-hydrogen) atoms. The third kappa shape index (κ3) is 29.6. The zero-order valence-electron chi connectivity index (χ0n) is 77.8. The molecule has 738 valence electrons. The highest BCUT2D eigenvalue weighted by Crippen LogP contribution is 2.30. The molecule has 6 heterocycles. The number of hydrogen-bond acceptors (Lipinski definition) is 23. The van der Waals surface area contributed by atoms with Crippen LogP contribution in [0, 0.1) is 17.2 Å². The number of carbonyl (C=O) groups excluding carboxylic acids is 16. The molecular weight excluding hydrogens is 1780 g/mol. The van der Waals surface area contributed by atoms with Gasteiger partial charge in [0.25, 0.3) is 0 Å². The van der Waals surface area contributed by atoms with E-state index in [-0.39, 0.29) is 108 Å². The van der Waals surface area contributed by atoms with E-state index in [1.807, 2.05) is 13.8 Å². The molecule has 4 aliphatic rings. The second kappa shape index (κ2) is 50.9. The summed E-state index contributed by atoms with van der Waals surface area (Å²) in [6, 6.07) is -0.282. The van der Waals surface area contributed by atoms with Crippen molar-refractivity contribution in [2.24, 2.45) is 28.3 Å². The van der Waals surface area contributed by atoms with Gasteiger partial charge in [-0.05, 0) is 111 Å². The molecule has 15 atom stereocenters. The number of hydrogen-bond donors (Lipinski definition) is 19. The quantitative estimate of drug-likeness (QED) is 0.0189. The summed E-state index contributed by atoms with van der Waals surface area (Å²) < 4.78 is 0. The molecule has 0 aliphatic carbocycles. The number of aromatic nitrogens is 2. The maximum absolute atomic E-state index is 15.8. The van der Waals surface area contributed by atoms with Crippen LogP contribution in [0.1, 0.15) is 154 Å². The van der Waals surface area contributed by atoms with Gasteiger partial charge in [0.05, 0.1) is 43.4 Å². The molecule has 43 heteroatoms. The summed E-state index contributed by atoms with van der Waals surface area (Å²) >= 11 is 0.762. The lowest BCUT2D eigenvalue weighted by Crippen LogP contribution is -2.61. The summed E-state index contributed by atoms with van der Waals surface area (Å²) in [5.74, 6) is -19.8. The molecule has 3 fully saturated rings. The van der Waals surface area contributed by atoms with Crippen molar-refractivity contribution in [3.63, 3.8) is 0 Å². The Labute approximate surface area is 791 Å². The minimum Gasteiger partial charge on any atom is -0.508 e. The largest absolute Gasteiger partial charge is 0.508 e. The molecule has 9 rings (SSSR count). The number of phenols is 1. The normalized spacial score (nSPS) is 25.2. The van der Waals surface area contributed by atoms with Crippen LogP contribution < -0.4 is 64.6 Å². The van der Waals surface area contributed by atoms with Gasteiger partial charge in [-0.25, -0.2) is 0 Å². The number of Topliss-reactive ketones (excluding diaryl/α,β-unsaturated/α-hetero) is 1. The van der Waals surface area contributed by atoms with Crippen molar-refractivity contribution in [2.45, 2.75) is 241 Å². The smallest absolute Gasteiger partial charge is 0.304 e. The van der Waals surface area contributed by atoms with Crippen molar-refractivity contribution in [3.05, 3.63) is 114 Å². The molecule has 3 aromatic carbocycles. The first-order valence-corrected chi connectivity index (χ1v) is 47.1. The molecule has 0 bridgehead atoms. The fourth-order valence-corrected chi connectivity index (χ4v) is 18.1. The number of carboxylic acids is 1. The highest BCUT2D eigenvalue weighted by atomic mass is 32.2. The zero-order valence-corrected chi connectivity index (χ0v) is 78.7. The number of carbonyl (C=O) groups is 17. The number of guanidine groups is 1. The number of ketones is 1. The monoisotopic (exact) mass is 1910 g/mol. The number of thioether (sulfide) groups is 1. The Morgan fingerprint density at radius 1 is 0.596 bits per heavy atom. The Bertz CT molecular complexity index is 5220. The summed E-state index contributed by atoms with van der Waals surface area (Å²) in [4.78, 5) is 267. The first-order valence-electron chi connectivity index (χ1n) is 46.0. The van der Waals surface area contributed by atoms with Gasteiger partial charge >= 0.3 is 5.97 Å². The van der Waals surface area contributed by atoms with Crippen LogP contribution >= 0.6 is 11.8 Å². The molecule has 3 saturated heterocycles. The Kier molecular flexibility index (Phi) is 39.8. The van der Waals surface area contributed by atoms with Crippen molar-refractivity contribution in [1.82, 2.24) is 87.6 Å². The first kappa shape index (κ1) is 106. The van der Waals surface area contributed by atoms with Crippen LogP contribution in [-0.2, 0) is 101 Å². The number of primary amides is 1. The average molecular weight is 1910 g/mol. The average Bonchev–Trinajstić information content (AvgIpc) is 1.53. The van der Waals surface area contributed by atoms with Gasteiger partial charge in [-0.2, -0.15) is 0 Å². The SMILES string of the molecule is CCCC[C@H]1C(=O)N(C)[C@@H](CCCC)C(=O)N[C@@H](CCCNC(=N)N)C(=O)N[C@H](C(=O)NCC(N)=O)CSCC(=O)N[C@@H](Cc2ccc(O)cc2)C(=O)N(C)[C@@H](C)C(=O)C[C@@H](CC(=O)O)C(=O)N2CCC[C@H]2C(=O)N[C@@H](CC2=CN=CC2)C(=O)N[C@@H](CC(C)C)C(=O)N2C[C@H](O)C[C@H]2C(=O)N[C@@H](Cc2c[nH]c3ccccc23)C(=O)N[C@@H](CO)C(=O)N[C@@H](Cc2c[nH]c3ccccc23)C(=O)N1C. The molecule has 0 spiro atoms. The minimum atomic E-state index is -1.89. The van der Waals surface area contributed by atoms with E-state index in [0.717, 1.165) is 36.3 Å². The lowest BCUT2D eigenvalue weighted by molar-refractivity contribution is -0.149. The highest BCUT2D eigenvalue weighted by Gasteiger charge is 2.47. The van der Waals surface area contributed by atoms with Crippen LogP contribution in [0.3, 0.4) is 0 Å². The molecule has 15 amide bonds. The molecule has 0 unspecified atom stereocenters. The number of fused-ring (bicyclic) bond motifs is 4. The molecule has 5 aromatic rings. The zero-order chi connectivity index (χ0) is 99.3. The van der Waals surface area contributed by atoms with Gasteiger partial charge < -0.3 is 120 Å². The minimum absolute atomic E-state index is 0.00747. The predicted octanol–water partition coefficient (Wildman–Crippen LogP) is -0.456. The molecule has 42 nitrogen and oxygen atoms in total. The van der Waals surface area contributed by atoms with E-state index < -0.39 is 241 Å². The van der Waals surface area contributed by atoms with Crippen molar-refractivity contribution in [2.75, 3.05) is 65.4 Å². The number of nitrogens with zero attached hydrogens (tertiary/aromatic N) is 6. The summed E-state index contributed by atoms with van der Waals surface area (Å²) in [5.41, 5.74) is 14.3. The number of aromatic hydroxyl groups is 1. The number of para-hydroxylation sites is 2. The van der Waals surface area contributed by atoms with Gasteiger partial charge in [-0.15, -0.1) is 11.8 Å². The summed E-state index contributed by atoms with van der Waals surface area (Å²) in [5, 5.41) is 79.0. The number of likely N-dealkylation sites (N-methyl/N-ethyl adjacent to an activating group) is 3. The lowest BCUT2D eigenvalue weighted by atomic mass is 9.93. The number of aliphatic hydroxyl groups excluding tert-OH is 2. The van der Waals surface area contributed by atoms with Crippen molar-refractivity contribution in [3.8, 4) is 5.75 Å². The summed E-state index contributed by atoms with van der Waals surface area (Å²) in [6.07, 6.45) is 3.50. The number of nitrogens with two attached hydrogens (primary N) is 2. The van der Waals surface area contributed by atoms with Crippen LogP contribution in [0.4, 0.5) is 0 Å².